The number of benzene rings is 3. The van der Waals surface area contributed by atoms with Crippen molar-refractivity contribution in [2.24, 2.45) is 0 Å². The first-order valence-electron chi connectivity index (χ1n) is 7.70. The maximum atomic E-state index is 11.8. The summed E-state index contributed by atoms with van der Waals surface area (Å²) in [5.41, 5.74) is 1.44. The molecule has 0 aliphatic heterocycles. The first-order chi connectivity index (χ1) is 11.3. The lowest BCUT2D eigenvalue weighted by Crippen LogP contribution is -2.35. The van der Waals surface area contributed by atoms with Gasteiger partial charge in [0.2, 0.25) is 0 Å². The topological polar surface area (TPSA) is 25.2 Å². The van der Waals surface area contributed by atoms with Crippen LogP contribution in [0, 0.1) is 0 Å². The van der Waals surface area contributed by atoms with Crippen molar-refractivity contribution in [1.29, 1.82) is 0 Å². The van der Waals surface area contributed by atoms with Gasteiger partial charge in [-0.1, -0.05) is 78.9 Å². The molecule has 112 valence electrons. The summed E-state index contributed by atoms with van der Waals surface area (Å²) in [6, 6.07) is 29.7. The van der Waals surface area contributed by atoms with Crippen LogP contribution in [-0.4, -0.2) is 9.67 Å². The molecule has 1 heterocycles. The SMILES string of the molecule is OC(c1ccccc1)(c1ccccc1)n1ccc2ccccc21. The zero-order chi connectivity index (χ0) is 15.7. The lowest BCUT2D eigenvalue weighted by Gasteiger charge is -2.32. The van der Waals surface area contributed by atoms with Crippen molar-refractivity contribution in [2.45, 2.75) is 5.72 Å². The number of nitrogens with zero attached hydrogens (tertiary/aromatic N) is 1. The minimum Gasteiger partial charge on any atom is -0.363 e. The molecule has 0 bridgehead atoms. The van der Waals surface area contributed by atoms with Gasteiger partial charge in [-0.25, -0.2) is 0 Å². The molecular formula is C21H17NO. The second kappa shape index (κ2) is 5.41. The summed E-state index contributed by atoms with van der Waals surface area (Å²) >= 11 is 0. The number of rotatable bonds is 3. The Labute approximate surface area is 135 Å². The molecule has 3 aromatic carbocycles. The number of aliphatic hydroxyl groups is 1. The fraction of sp³-hybridized carbons (Fsp3) is 0.0476. The highest BCUT2D eigenvalue weighted by Crippen LogP contribution is 2.34. The quantitative estimate of drug-likeness (QED) is 0.596. The van der Waals surface area contributed by atoms with Crippen molar-refractivity contribution >= 4 is 10.9 Å². The van der Waals surface area contributed by atoms with Crippen molar-refractivity contribution in [3.05, 3.63) is 108 Å². The van der Waals surface area contributed by atoms with Crippen molar-refractivity contribution < 1.29 is 5.11 Å². The van der Waals surface area contributed by atoms with E-state index in [4.69, 9.17) is 0 Å². The van der Waals surface area contributed by atoms with Crippen molar-refractivity contribution in [1.82, 2.24) is 4.57 Å². The smallest absolute Gasteiger partial charge is 0.195 e. The van der Waals surface area contributed by atoms with Crippen LogP contribution < -0.4 is 0 Å². The minimum atomic E-state index is -1.24. The molecule has 4 aromatic rings. The Morgan fingerprint density at radius 2 is 1.13 bits per heavy atom. The van der Waals surface area contributed by atoms with Crippen LogP contribution in [0.3, 0.4) is 0 Å². The van der Waals surface area contributed by atoms with Gasteiger partial charge in [0.1, 0.15) is 0 Å². The second-order valence-corrected chi connectivity index (χ2v) is 5.65. The van der Waals surface area contributed by atoms with Crippen LogP contribution in [0.25, 0.3) is 10.9 Å². The molecule has 0 atom stereocenters. The van der Waals surface area contributed by atoms with Crippen LogP contribution in [0.2, 0.25) is 0 Å². The monoisotopic (exact) mass is 299 g/mol. The highest BCUT2D eigenvalue weighted by atomic mass is 16.3. The fourth-order valence-corrected chi connectivity index (χ4v) is 3.15. The summed E-state index contributed by atoms with van der Waals surface area (Å²) in [6.45, 7) is 0. The lowest BCUT2D eigenvalue weighted by atomic mass is 9.94. The first kappa shape index (κ1) is 13.8. The van der Waals surface area contributed by atoms with Crippen molar-refractivity contribution in [3.63, 3.8) is 0 Å². The Morgan fingerprint density at radius 1 is 0.609 bits per heavy atom. The van der Waals surface area contributed by atoms with Crippen molar-refractivity contribution in [2.75, 3.05) is 0 Å². The van der Waals surface area contributed by atoms with E-state index in [1.165, 1.54) is 0 Å². The first-order valence-corrected chi connectivity index (χ1v) is 7.70. The summed E-state index contributed by atoms with van der Waals surface area (Å²) in [7, 11) is 0. The van der Waals surface area contributed by atoms with Crippen LogP contribution in [-0.2, 0) is 5.72 Å². The Morgan fingerprint density at radius 3 is 1.74 bits per heavy atom. The molecule has 2 heteroatoms. The molecule has 2 nitrogen and oxygen atoms in total. The van der Waals surface area contributed by atoms with Gasteiger partial charge >= 0.3 is 0 Å². The molecule has 0 amide bonds. The van der Waals surface area contributed by atoms with Gasteiger partial charge in [-0.3, -0.25) is 0 Å². The van der Waals surface area contributed by atoms with Gasteiger partial charge in [0.05, 0.1) is 5.52 Å². The molecule has 0 spiro atoms. The molecule has 0 saturated carbocycles. The number of aromatic nitrogens is 1. The largest absolute Gasteiger partial charge is 0.363 e. The number of para-hydroxylation sites is 1. The molecule has 0 unspecified atom stereocenters. The molecule has 0 fully saturated rings. The molecule has 0 radical (unpaired) electrons. The molecule has 1 aromatic heterocycles. The molecule has 4 rings (SSSR count). The zero-order valence-corrected chi connectivity index (χ0v) is 12.6. The number of hydrogen-bond acceptors (Lipinski definition) is 1. The van der Waals surface area contributed by atoms with Gasteiger partial charge < -0.3 is 9.67 Å². The van der Waals surface area contributed by atoms with E-state index in [1.54, 1.807) is 0 Å². The van der Waals surface area contributed by atoms with E-state index < -0.39 is 5.72 Å². The highest BCUT2D eigenvalue weighted by molar-refractivity contribution is 5.80. The predicted molar refractivity (Wildman–Crippen MR) is 93.2 cm³/mol. The zero-order valence-electron chi connectivity index (χ0n) is 12.6. The Hall–Kier alpha value is -2.84. The molecule has 23 heavy (non-hydrogen) atoms. The van der Waals surface area contributed by atoms with E-state index in [0.29, 0.717) is 0 Å². The van der Waals surface area contributed by atoms with Crippen LogP contribution >= 0.6 is 0 Å². The van der Waals surface area contributed by atoms with E-state index in [1.807, 2.05) is 95.7 Å². The maximum absolute atomic E-state index is 11.8. The van der Waals surface area contributed by atoms with Gasteiger partial charge in [-0.2, -0.15) is 0 Å². The standard InChI is InChI=1S/C21H17NO/c23-21(18-10-3-1-4-11-18,19-12-5-2-6-13-19)22-16-15-17-9-7-8-14-20(17)22/h1-16,23H. The van der Waals surface area contributed by atoms with Gasteiger partial charge in [0, 0.05) is 17.3 Å². The summed E-state index contributed by atoms with van der Waals surface area (Å²) < 4.78 is 1.94. The van der Waals surface area contributed by atoms with Crippen LogP contribution in [0.5, 0.6) is 0 Å². The van der Waals surface area contributed by atoms with E-state index in [2.05, 4.69) is 6.07 Å². The molecule has 0 saturated heterocycles. The summed E-state index contributed by atoms with van der Waals surface area (Å²) in [5.74, 6) is 0. The van der Waals surface area contributed by atoms with Crippen molar-refractivity contribution in [3.8, 4) is 0 Å². The van der Waals surface area contributed by atoms with Crippen LogP contribution in [0.4, 0.5) is 0 Å². The average molecular weight is 299 g/mol. The van der Waals surface area contributed by atoms with Gasteiger partial charge in [-0.15, -0.1) is 0 Å². The highest BCUT2D eigenvalue weighted by Gasteiger charge is 2.34. The average Bonchev–Trinajstić information content (AvgIpc) is 3.07. The Balaban J connectivity index is 2.04. The number of hydrogen-bond donors (Lipinski definition) is 1. The number of fused-ring (bicyclic) bond motifs is 1. The maximum Gasteiger partial charge on any atom is 0.195 e. The van der Waals surface area contributed by atoms with Crippen LogP contribution in [0.15, 0.2) is 97.2 Å². The van der Waals surface area contributed by atoms with Crippen LogP contribution in [0.1, 0.15) is 11.1 Å². The van der Waals surface area contributed by atoms with E-state index in [9.17, 15) is 5.11 Å². The molecule has 0 aliphatic rings. The third-order valence-electron chi connectivity index (χ3n) is 4.30. The fourth-order valence-electron chi connectivity index (χ4n) is 3.15. The third-order valence-corrected chi connectivity index (χ3v) is 4.30. The van der Waals surface area contributed by atoms with Gasteiger partial charge in [0.15, 0.2) is 5.72 Å². The normalized spacial score (nSPS) is 11.7. The van der Waals surface area contributed by atoms with E-state index in [0.717, 1.165) is 22.0 Å². The van der Waals surface area contributed by atoms with Gasteiger partial charge in [0.25, 0.3) is 0 Å². The summed E-state index contributed by atoms with van der Waals surface area (Å²) in [4.78, 5) is 0. The Kier molecular flexibility index (Phi) is 3.25. The summed E-state index contributed by atoms with van der Waals surface area (Å²) in [5, 5.41) is 12.9. The Bertz CT molecular complexity index is 886. The van der Waals surface area contributed by atoms with E-state index in [-0.39, 0.29) is 0 Å². The second-order valence-electron chi connectivity index (χ2n) is 5.65. The minimum absolute atomic E-state index is 0.840. The predicted octanol–water partition coefficient (Wildman–Crippen LogP) is 4.38. The summed E-state index contributed by atoms with van der Waals surface area (Å²) in [6.07, 6.45) is 1.95. The van der Waals surface area contributed by atoms with E-state index >= 15 is 0 Å². The molecular weight excluding hydrogens is 282 g/mol. The third kappa shape index (κ3) is 2.16. The molecule has 1 N–H and O–H groups in total. The lowest BCUT2D eigenvalue weighted by molar-refractivity contribution is 0.0533. The molecule has 0 aliphatic carbocycles. The van der Waals surface area contributed by atoms with Gasteiger partial charge in [-0.05, 0) is 17.5 Å².